The summed E-state index contributed by atoms with van der Waals surface area (Å²) in [5.41, 5.74) is 7.00. The molecule has 0 aliphatic rings. The molecule has 2 rings (SSSR count). The molecule has 0 spiro atoms. The SMILES string of the molecule is Cc1ccccc1OCCCN(C)CC(=O)Nc1ccccc1SCC(N)=O. The van der Waals surface area contributed by atoms with Crippen LogP contribution in [0.5, 0.6) is 5.75 Å². The molecule has 0 radical (unpaired) electrons. The van der Waals surface area contributed by atoms with Crippen molar-refractivity contribution in [3.8, 4) is 5.75 Å². The van der Waals surface area contributed by atoms with Gasteiger partial charge in [0.15, 0.2) is 0 Å². The summed E-state index contributed by atoms with van der Waals surface area (Å²) in [6.45, 7) is 3.64. The lowest BCUT2D eigenvalue weighted by molar-refractivity contribution is -0.117. The van der Waals surface area contributed by atoms with Gasteiger partial charge in [-0.1, -0.05) is 30.3 Å². The van der Waals surface area contributed by atoms with E-state index in [0.717, 1.165) is 29.2 Å². The molecular weight excluding hydrogens is 374 g/mol. The van der Waals surface area contributed by atoms with Crippen LogP contribution in [0.1, 0.15) is 12.0 Å². The molecule has 0 aromatic heterocycles. The molecule has 2 aromatic carbocycles. The van der Waals surface area contributed by atoms with Crippen molar-refractivity contribution in [1.29, 1.82) is 0 Å². The van der Waals surface area contributed by atoms with Crippen LogP contribution in [-0.4, -0.2) is 49.2 Å². The van der Waals surface area contributed by atoms with Crippen molar-refractivity contribution in [3.63, 3.8) is 0 Å². The second kappa shape index (κ2) is 11.4. The minimum absolute atomic E-state index is 0.102. The van der Waals surface area contributed by atoms with E-state index in [9.17, 15) is 9.59 Å². The Balaban J connectivity index is 1.74. The number of carbonyl (C=O) groups excluding carboxylic acids is 2. The van der Waals surface area contributed by atoms with Crippen LogP contribution >= 0.6 is 11.8 Å². The van der Waals surface area contributed by atoms with E-state index in [2.05, 4.69) is 5.32 Å². The predicted molar refractivity (Wildman–Crippen MR) is 114 cm³/mol. The third-order valence-electron chi connectivity index (χ3n) is 3.98. The summed E-state index contributed by atoms with van der Waals surface area (Å²) >= 11 is 1.31. The van der Waals surface area contributed by atoms with Crippen molar-refractivity contribution >= 4 is 29.3 Å². The molecular formula is C21H27N3O3S. The van der Waals surface area contributed by atoms with Gasteiger partial charge in [-0.2, -0.15) is 0 Å². The number of rotatable bonds is 11. The van der Waals surface area contributed by atoms with Crippen LogP contribution in [0, 0.1) is 6.92 Å². The Kier molecular flexibility index (Phi) is 8.84. The lowest BCUT2D eigenvalue weighted by Gasteiger charge is -2.17. The van der Waals surface area contributed by atoms with E-state index in [-0.39, 0.29) is 18.2 Å². The summed E-state index contributed by atoms with van der Waals surface area (Å²) in [5, 5.41) is 2.90. The number of aryl methyl sites for hydroxylation is 1. The van der Waals surface area contributed by atoms with E-state index >= 15 is 0 Å². The highest BCUT2D eigenvalue weighted by molar-refractivity contribution is 8.00. The van der Waals surface area contributed by atoms with Gasteiger partial charge >= 0.3 is 0 Å². The Labute approximate surface area is 170 Å². The fourth-order valence-corrected chi connectivity index (χ4v) is 3.34. The maximum Gasteiger partial charge on any atom is 0.238 e. The third kappa shape index (κ3) is 7.62. The molecule has 7 heteroatoms. The molecule has 2 amide bonds. The first-order valence-corrected chi connectivity index (χ1v) is 10.1. The zero-order valence-corrected chi connectivity index (χ0v) is 17.1. The predicted octanol–water partition coefficient (Wildman–Crippen LogP) is 2.91. The first kappa shape index (κ1) is 21.8. The van der Waals surface area contributed by atoms with Crippen LogP contribution in [0.4, 0.5) is 5.69 Å². The summed E-state index contributed by atoms with van der Waals surface area (Å²) in [7, 11) is 1.90. The van der Waals surface area contributed by atoms with Crippen LogP contribution in [0.3, 0.4) is 0 Å². The molecule has 0 aliphatic carbocycles. The number of hydrogen-bond acceptors (Lipinski definition) is 5. The van der Waals surface area contributed by atoms with E-state index in [4.69, 9.17) is 10.5 Å². The smallest absolute Gasteiger partial charge is 0.238 e. The number of thioether (sulfide) groups is 1. The Morgan fingerprint density at radius 3 is 2.61 bits per heavy atom. The molecule has 0 saturated heterocycles. The number of ether oxygens (including phenoxy) is 1. The topological polar surface area (TPSA) is 84.7 Å². The summed E-state index contributed by atoms with van der Waals surface area (Å²) < 4.78 is 5.78. The molecule has 0 saturated carbocycles. The van der Waals surface area contributed by atoms with Gasteiger partial charge in [-0.05, 0) is 44.2 Å². The fourth-order valence-electron chi connectivity index (χ4n) is 2.59. The van der Waals surface area contributed by atoms with Crippen LogP contribution in [-0.2, 0) is 9.59 Å². The van der Waals surface area contributed by atoms with Gasteiger partial charge in [0.25, 0.3) is 0 Å². The zero-order valence-electron chi connectivity index (χ0n) is 16.3. The number of nitrogens with two attached hydrogens (primary N) is 1. The van der Waals surface area contributed by atoms with Crippen molar-refractivity contribution in [2.75, 3.05) is 37.8 Å². The summed E-state index contributed by atoms with van der Waals surface area (Å²) in [4.78, 5) is 26.1. The second-order valence-corrected chi connectivity index (χ2v) is 7.52. The summed E-state index contributed by atoms with van der Waals surface area (Å²) in [5.74, 6) is 0.578. The van der Waals surface area contributed by atoms with Crippen molar-refractivity contribution in [2.45, 2.75) is 18.2 Å². The number of primary amides is 1. The molecule has 3 N–H and O–H groups in total. The molecule has 0 fully saturated rings. The quantitative estimate of drug-likeness (QED) is 0.447. The lowest BCUT2D eigenvalue weighted by Crippen LogP contribution is -2.31. The van der Waals surface area contributed by atoms with Gasteiger partial charge in [-0.15, -0.1) is 11.8 Å². The molecule has 0 unspecified atom stereocenters. The van der Waals surface area contributed by atoms with Crippen LogP contribution in [0.15, 0.2) is 53.4 Å². The maximum atomic E-state index is 12.3. The Morgan fingerprint density at radius 1 is 1.14 bits per heavy atom. The first-order chi connectivity index (χ1) is 13.5. The average Bonchev–Trinajstić information content (AvgIpc) is 2.65. The standard InChI is InChI=1S/C21H27N3O3S/c1-16-8-3-5-10-18(16)27-13-7-12-24(2)14-21(26)23-17-9-4-6-11-19(17)28-15-20(22)25/h3-6,8-11H,7,12-15H2,1-2H3,(H2,22,25)(H,23,26). The van der Waals surface area contributed by atoms with Gasteiger partial charge < -0.3 is 15.8 Å². The van der Waals surface area contributed by atoms with Crippen molar-refractivity contribution in [1.82, 2.24) is 4.90 Å². The molecule has 0 aliphatic heterocycles. The Bertz CT molecular complexity index is 798. The van der Waals surface area contributed by atoms with E-state index in [1.54, 1.807) is 0 Å². The minimum Gasteiger partial charge on any atom is -0.493 e. The van der Waals surface area contributed by atoms with E-state index in [1.807, 2.05) is 67.4 Å². The number of benzene rings is 2. The van der Waals surface area contributed by atoms with E-state index in [0.29, 0.717) is 12.3 Å². The molecule has 28 heavy (non-hydrogen) atoms. The normalized spacial score (nSPS) is 10.7. The van der Waals surface area contributed by atoms with Crippen LogP contribution in [0.25, 0.3) is 0 Å². The van der Waals surface area contributed by atoms with Crippen molar-refractivity contribution < 1.29 is 14.3 Å². The summed E-state index contributed by atoms with van der Waals surface area (Å²) in [6.07, 6.45) is 0.823. The largest absolute Gasteiger partial charge is 0.493 e. The maximum absolute atomic E-state index is 12.3. The highest BCUT2D eigenvalue weighted by Gasteiger charge is 2.10. The van der Waals surface area contributed by atoms with Gasteiger partial charge in [0.1, 0.15) is 5.75 Å². The molecule has 2 aromatic rings. The number of para-hydroxylation sites is 2. The van der Waals surface area contributed by atoms with Crippen molar-refractivity contribution in [3.05, 3.63) is 54.1 Å². The van der Waals surface area contributed by atoms with E-state index < -0.39 is 5.91 Å². The van der Waals surface area contributed by atoms with Gasteiger partial charge in [0, 0.05) is 11.4 Å². The molecule has 150 valence electrons. The van der Waals surface area contributed by atoms with Gasteiger partial charge in [0.05, 0.1) is 24.6 Å². The summed E-state index contributed by atoms with van der Waals surface area (Å²) in [6, 6.07) is 15.3. The number of nitrogens with zero attached hydrogens (tertiary/aromatic N) is 1. The molecule has 6 nitrogen and oxygen atoms in total. The number of carbonyl (C=O) groups is 2. The first-order valence-electron chi connectivity index (χ1n) is 9.12. The number of hydrogen-bond donors (Lipinski definition) is 2. The molecule has 0 atom stereocenters. The Morgan fingerprint density at radius 2 is 1.86 bits per heavy atom. The number of likely N-dealkylation sites (N-methyl/N-ethyl adjacent to an activating group) is 1. The highest BCUT2D eigenvalue weighted by atomic mass is 32.2. The average molecular weight is 402 g/mol. The number of anilines is 1. The number of nitrogens with one attached hydrogen (secondary N) is 1. The number of amides is 2. The van der Waals surface area contributed by atoms with Crippen molar-refractivity contribution in [2.24, 2.45) is 5.73 Å². The zero-order chi connectivity index (χ0) is 20.4. The highest BCUT2D eigenvalue weighted by Crippen LogP contribution is 2.26. The lowest BCUT2D eigenvalue weighted by atomic mass is 10.2. The Hall–Kier alpha value is -2.51. The van der Waals surface area contributed by atoms with Gasteiger partial charge in [-0.25, -0.2) is 0 Å². The van der Waals surface area contributed by atoms with Crippen LogP contribution in [0.2, 0.25) is 0 Å². The van der Waals surface area contributed by atoms with Gasteiger partial charge in [-0.3, -0.25) is 14.5 Å². The third-order valence-corrected chi connectivity index (χ3v) is 5.08. The van der Waals surface area contributed by atoms with Gasteiger partial charge in [0.2, 0.25) is 11.8 Å². The fraction of sp³-hybridized carbons (Fsp3) is 0.333. The minimum atomic E-state index is -0.390. The van der Waals surface area contributed by atoms with E-state index in [1.165, 1.54) is 11.8 Å². The molecule has 0 bridgehead atoms. The van der Waals surface area contributed by atoms with Crippen LogP contribution < -0.4 is 15.8 Å². The monoisotopic (exact) mass is 401 g/mol. The second-order valence-electron chi connectivity index (χ2n) is 6.50. The molecule has 0 heterocycles.